The zero-order valence-corrected chi connectivity index (χ0v) is 11.2. The molecule has 4 heteroatoms. The van der Waals surface area contributed by atoms with Crippen LogP contribution in [0.3, 0.4) is 0 Å². The lowest BCUT2D eigenvalue weighted by molar-refractivity contribution is 0.414. The van der Waals surface area contributed by atoms with Crippen molar-refractivity contribution in [2.24, 2.45) is 0 Å². The Balaban J connectivity index is 2.23. The predicted molar refractivity (Wildman–Crippen MR) is 75.4 cm³/mol. The van der Waals surface area contributed by atoms with Gasteiger partial charge >= 0.3 is 0 Å². The molecule has 0 atom stereocenters. The summed E-state index contributed by atoms with van der Waals surface area (Å²) in [5, 5.41) is 0. The van der Waals surface area contributed by atoms with Crippen LogP contribution in [0.5, 0.6) is 5.75 Å². The summed E-state index contributed by atoms with van der Waals surface area (Å²) in [6, 6.07) is 6.14. The molecule has 0 spiro atoms. The monoisotopic (exact) mass is 253 g/mol. The van der Waals surface area contributed by atoms with Crippen LogP contribution >= 0.6 is 0 Å². The van der Waals surface area contributed by atoms with Gasteiger partial charge in [0.2, 0.25) is 0 Å². The second-order valence-corrected chi connectivity index (χ2v) is 4.64. The van der Waals surface area contributed by atoms with Crippen molar-refractivity contribution in [2.45, 2.75) is 13.8 Å². The van der Waals surface area contributed by atoms with Crippen molar-refractivity contribution < 1.29 is 4.74 Å². The minimum atomic E-state index is 0.718. The Bertz CT molecular complexity index is 746. The van der Waals surface area contributed by atoms with Crippen LogP contribution in [0.2, 0.25) is 0 Å². The van der Waals surface area contributed by atoms with Crippen LogP contribution in [-0.4, -0.2) is 22.1 Å². The predicted octanol–water partition coefficient (Wildman–Crippen LogP) is 3.25. The largest absolute Gasteiger partial charge is 0.494 e. The first-order valence-electron chi connectivity index (χ1n) is 6.14. The lowest BCUT2D eigenvalue weighted by atomic mass is 10.1. The standard InChI is InChI=1S/C15H15N3O/c1-9-6-10(2)14-12(7-9)17-15(18-14)11-4-5-16-8-13(11)19-3/h4-8H,1-3H3,(H,17,18). The van der Waals surface area contributed by atoms with Crippen molar-refractivity contribution in [1.82, 2.24) is 15.0 Å². The molecule has 1 aromatic carbocycles. The number of fused-ring (bicyclic) bond motifs is 1. The summed E-state index contributed by atoms with van der Waals surface area (Å²) in [5.74, 6) is 1.53. The van der Waals surface area contributed by atoms with E-state index in [9.17, 15) is 0 Å². The second kappa shape index (κ2) is 4.39. The molecule has 4 nitrogen and oxygen atoms in total. The summed E-state index contributed by atoms with van der Waals surface area (Å²) in [6.07, 6.45) is 3.43. The fourth-order valence-corrected chi connectivity index (χ4v) is 2.34. The van der Waals surface area contributed by atoms with Crippen LogP contribution in [-0.2, 0) is 0 Å². The number of H-pyrrole nitrogens is 1. The number of pyridine rings is 1. The first-order chi connectivity index (χ1) is 9.19. The number of aromatic amines is 1. The van der Waals surface area contributed by atoms with Gasteiger partial charge in [-0.15, -0.1) is 0 Å². The number of aryl methyl sites for hydroxylation is 2. The fourth-order valence-electron chi connectivity index (χ4n) is 2.34. The highest BCUT2D eigenvalue weighted by atomic mass is 16.5. The highest BCUT2D eigenvalue weighted by Gasteiger charge is 2.11. The van der Waals surface area contributed by atoms with Gasteiger partial charge < -0.3 is 9.72 Å². The Morgan fingerprint density at radius 2 is 2.05 bits per heavy atom. The Morgan fingerprint density at radius 1 is 1.21 bits per heavy atom. The van der Waals surface area contributed by atoms with Crippen molar-refractivity contribution in [2.75, 3.05) is 7.11 Å². The van der Waals surface area contributed by atoms with Gasteiger partial charge in [0.1, 0.15) is 11.6 Å². The molecule has 0 saturated carbocycles. The van der Waals surface area contributed by atoms with Crippen LogP contribution in [0.25, 0.3) is 22.4 Å². The third-order valence-corrected chi connectivity index (χ3v) is 3.18. The molecule has 0 aliphatic carbocycles. The molecule has 0 fully saturated rings. The van der Waals surface area contributed by atoms with E-state index in [0.29, 0.717) is 0 Å². The number of benzene rings is 1. The zero-order chi connectivity index (χ0) is 13.4. The number of nitrogens with one attached hydrogen (secondary N) is 1. The van der Waals surface area contributed by atoms with Gasteiger partial charge in [0, 0.05) is 6.20 Å². The summed E-state index contributed by atoms with van der Waals surface area (Å²) in [7, 11) is 1.64. The molecule has 3 aromatic rings. The average Bonchev–Trinajstić information content (AvgIpc) is 2.82. The number of ether oxygens (including phenoxy) is 1. The smallest absolute Gasteiger partial charge is 0.148 e. The second-order valence-electron chi connectivity index (χ2n) is 4.64. The van der Waals surface area contributed by atoms with Crippen molar-refractivity contribution in [3.63, 3.8) is 0 Å². The maximum atomic E-state index is 5.33. The van der Waals surface area contributed by atoms with Crippen molar-refractivity contribution in [1.29, 1.82) is 0 Å². The number of hydrogen-bond acceptors (Lipinski definition) is 3. The molecule has 0 amide bonds. The van der Waals surface area contributed by atoms with E-state index in [2.05, 4.69) is 40.9 Å². The maximum absolute atomic E-state index is 5.33. The van der Waals surface area contributed by atoms with Gasteiger partial charge in [-0.2, -0.15) is 0 Å². The number of aromatic nitrogens is 3. The molecule has 2 heterocycles. The lowest BCUT2D eigenvalue weighted by Gasteiger charge is -2.03. The number of nitrogens with zero attached hydrogens (tertiary/aromatic N) is 2. The van der Waals surface area contributed by atoms with Gasteiger partial charge in [-0.05, 0) is 37.1 Å². The summed E-state index contributed by atoms with van der Waals surface area (Å²) in [6.45, 7) is 4.16. The normalized spacial score (nSPS) is 10.9. The molecular weight excluding hydrogens is 238 g/mol. The topological polar surface area (TPSA) is 50.8 Å². The number of methoxy groups -OCH3 is 1. The van der Waals surface area contributed by atoms with Crippen molar-refractivity contribution in [3.05, 3.63) is 41.7 Å². The molecule has 0 aliphatic heterocycles. The van der Waals surface area contributed by atoms with E-state index >= 15 is 0 Å². The third-order valence-electron chi connectivity index (χ3n) is 3.18. The molecule has 1 N–H and O–H groups in total. The summed E-state index contributed by atoms with van der Waals surface area (Å²) in [4.78, 5) is 12.1. The lowest BCUT2D eigenvalue weighted by Crippen LogP contribution is -1.89. The summed E-state index contributed by atoms with van der Waals surface area (Å²) in [5.41, 5.74) is 5.36. The Kier molecular flexibility index (Phi) is 2.71. The van der Waals surface area contributed by atoms with E-state index < -0.39 is 0 Å². The molecule has 0 aliphatic rings. The first kappa shape index (κ1) is 11.7. The molecule has 0 radical (unpaired) electrons. The van der Waals surface area contributed by atoms with Gasteiger partial charge in [-0.1, -0.05) is 6.07 Å². The van der Waals surface area contributed by atoms with Gasteiger partial charge in [0.25, 0.3) is 0 Å². The molecule has 96 valence electrons. The fraction of sp³-hybridized carbons (Fsp3) is 0.200. The van der Waals surface area contributed by atoms with E-state index in [4.69, 9.17) is 4.74 Å². The molecule has 19 heavy (non-hydrogen) atoms. The Labute approximate surface area is 111 Å². The molecule has 2 aromatic heterocycles. The minimum Gasteiger partial charge on any atom is -0.494 e. The third kappa shape index (κ3) is 1.95. The van der Waals surface area contributed by atoms with Crippen LogP contribution in [0, 0.1) is 13.8 Å². The molecular formula is C15H15N3O. The number of hydrogen-bond donors (Lipinski definition) is 1. The number of imidazole rings is 1. The average molecular weight is 253 g/mol. The van der Waals surface area contributed by atoms with E-state index in [0.717, 1.165) is 28.2 Å². The highest BCUT2D eigenvalue weighted by Crippen LogP contribution is 2.29. The molecule has 3 rings (SSSR count). The summed E-state index contributed by atoms with van der Waals surface area (Å²) < 4.78 is 5.33. The van der Waals surface area contributed by atoms with E-state index in [1.54, 1.807) is 19.5 Å². The highest BCUT2D eigenvalue weighted by molar-refractivity contribution is 5.83. The van der Waals surface area contributed by atoms with E-state index in [1.165, 1.54) is 11.1 Å². The van der Waals surface area contributed by atoms with Crippen molar-refractivity contribution >= 4 is 11.0 Å². The van der Waals surface area contributed by atoms with Crippen LogP contribution in [0.15, 0.2) is 30.6 Å². The van der Waals surface area contributed by atoms with Gasteiger partial charge in [-0.3, -0.25) is 4.98 Å². The van der Waals surface area contributed by atoms with Crippen LogP contribution < -0.4 is 4.74 Å². The van der Waals surface area contributed by atoms with E-state index in [1.807, 2.05) is 6.07 Å². The minimum absolute atomic E-state index is 0.718. The molecule has 0 saturated heterocycles. The van der Waals surface area contributed by atoms with Crippen LogP contribution in [0.1, 0.15) is 11.1 Å². The van der Waals surface area contributed by atoms with Gasteiger partial charge in [-0.25, -0.2) is 4.98 Å². The van der Waals surface area contributed by atoms with Gasteiger partial charge in [0.15, 0.2) is 0 Å². The maximum Gasteiger partial charge on any atom is 0.148 e. The Morgan fingerprint density at radius 3 is 2.84 bits per heavy atom. The van der Waals surface area contributed by atoms with Gasteiger partial charge in [0.05, 0.1) is 29.9 Å². The first-order valence-corrected chi connectivity index (χ1v) is 6.14. The van der Waals surface area contributed by atoms with Crippen molar-refractivity contribution in [3.8, 4) is 17.1 Å². The molecule has 0 bridgehead atoms. The quantitative estimate of drug-likeness (QED) is 0.762. The van der Waals surface area contributed by atoms with E-state index in [-0.39, 0.29) is 0 Å². The molecule has 0 unspecified atom stereocenters. The Hall–Kier alpha value is -2.36. The summed E-state index contributed by atoms with van der Waals surface area (Å²) >= 11 is 0. The van der Waals surface area contributed by atoms with Crippen LogP contribution in [0.4, 0.5) is 0 Å². The zero-order valence-electron chi connectivity index (χ0n) is 11.2. The SMILES string of the molecule is COc1cnccc1-c1nc2c(C)cc(C)cc2[nH]1. The number of rotatable bonds is 2.